The van der Waals surface area contributed by atoms with E-state index in [1.54, 1.807) is 11.3 Å². The van der Waals surface area contributed by atoms with Gasteiger partial charge in [0.15, 0.2) is 0 Å². The minimum absolute atomic E-state index is 0.453. The first-order chi connectivity index (χ1) is 5.36. The van der Waals surface area contributed by atoms with Crippen LogP contribution in [-0.2, 0) is 12.8 Å². The van der Waals surface area contributed by atoms with E-state index in [1.807, 2.05) is 5.38 Å². The van der Waals surface area contributed by atoms with Crippen molar-refractivity contribution in [3.05, 3.63) is 16.1 Å². The number of nitrogens with zero attached hydrogens (tertiary/aromatic N) is 2. The minimum atomic E-state index is 0.453. The van der Waals surface area contributed by atoms with Crippen molar-refractivity contribution in [1.29, 1.82) is 5.26 Å². The number of hydrogen-bond donors (Lipinski definition) is 0. The molecule has 0 aliphatic heterocycles. The van der Waals surface area contributed by atoms with Crippen molar-refractivity contribution >= 4 is 11.3 Å². The van der Waals surface area contributed by atoms with E-state index in [-0.39, 0.29) is 0 Å². The quantitative estimate of drug-likeness (QED) is 0.690. The summed E-state index contributed by atoms with van der Waals surface area (Å²) in [7, 11) is 0. The van der Waals surface area contributed by atoms with E-state index in [9.17, 15) is 0 Å². The highest BCUT2D eigenvalue weighted by molar-refractivity contribution is 7.09. The molecule has 1 aromatic rings. The van der Waals surface area contributed by atoms with Gasteiger partial charge in [-0.05, 0) is 6.42 Å². The number of hydrogen-bond acceptors (Lipinski definition) is 3. The van der Waals surface area contributed by atoms with Crippen LogP contribution in [0.15, 0.2) is 5.38 Å². The van der Waals surface area contributed by atoms with Crippen LogP contribution in [0.3, 0.4) is 0 Å². The van der Waals surface area contributed by atoms with Crippen LogP contribution < -0.4 is 0 Å². The third-order valence-electron chi connectivity index (χ3n) is 1.34. The Kier molecular flexibility index (Phi) is 3.06. The Balaban J connectivity index is 2.60. The van der Waals surface area contributed by atoms with E-state index < -0.39 is 0 Å². The van der Waals surface area contributed by atoms with Crippen LogP contribution in [0, 0.1) is 11.3 Å². The lowest BCUT2D eigenvalue weighted by Crippen LogP contribution is -1.84. The van der Waals surface area contributed by atoms with Gasteiger partial charge in [-0.15, -0.1) is 11.3 Å². The lowest BCUT2D eigenvalue weighted by molar-refractivity contribution is 0.885. The molecule has 58 valence electrons. The molecule has 1 aromatic heterocycles. The molecule has 0 bridgehead atoms. The topological polar surface area (TPSA) is 36.7 Å². The number of rotatable bonds is 3. The maximum absolute atomic E-state index is 8.38. The number of thiazole rings is 1. The number of nitriles is 1. The molecule has 0 atom stereocenters. The summed E-state index contributed by atoms with van der Waals surface area (Å²) in [5, 5.41) is 11.4. The normalized spacial score (nSPS) is 9.45. The van der Waals surface area contributed by atoms with Gasteiger partial charge in [0.25, 0.3) is 0 Å². The second-order valence-corrected chi connectivity index (χ2v) is 3.26. The molecule has 0 unspecified atom stereocenters. The first-order valence-electron chi connectivity index (χ1n) is 3.67. The summed E-state index contributed by atoms with van der Waals surface area (Å²) in [6.07, 6.45) is 2.60. The summed E-state index contributed by atoms with van der Waals surface area (Å²) in [4.78, 5) is 4.29. The maximum atomic E-state index is 8.38. The molecular formula is C8H10N2S. The van der Waals surface area contributed by atoms with E-state index in [1.165, 1.54) is 0 Å². The Hall–Kier alpha value is -0.880. The fourth-order valence-electron chi connectivity index (χ4n) is 0.869. The summed E-state index contributed by atoms with van der Waals surface area (Å²) in [6, 6.07) is 2.09. The van der Waals surface area contributed by atoms with Gasteiger partial charge in [-0.2, -0.15) is 5.26 Å². The Morgan fingerprint density at radius 3 is 3.18 bits per heavy atom. The first-order valence-corrected chi connectivity index (χ1v) is 4.55. The fraction of sp³-hybridized carbons (Fsp3) is 0.500. The van der Waals surface area contributed by atoms with Crippen LogP contribution >= 0.6 is 11.3 Å². The van der Waals surface area contributed by atoms with Crippen molar-refractivity contribution < 1.29 is 0 Å². The van der Waals surface area contributed by atoms with Crippen molar-refractivity contribution in [1.82, 2.24) is 4.98 Å². The zero-order chi connectivity index (χ0) is 8.10. The van der Waals surface area contributed by atoms with E-state index in [0.717, 1.165) is 23.5 Å². The van der Waals surface area contributed by atoms with Gasteiger partial charge in [0.2, 0.25) is 0 Å². The lowest BCUT2D eigenvalue weighted by Gasteiger charge is -1.86. The summed E-state index contributed by atoms with van der Waals surface area (Å²) in [5.41, 5.74) is 1.13. The average Bonchev–Trinajstić information content (AvgIpc) is 2.38. The number of aryl methyl sites for hydroxylation is 1. The third kappa shape index (κ3) is 2.32. The molecular weight excluding hydrogens is 156 g/mol. The van der Waals surface area contributed by atoms with E-state index in [4.69, 9.17) is 5.26 Å². The highest BCUT2D eigenvalue weighted by Gasteiger charge is 1.98. The van der Waals surface area contributed by atoms with E-state index in [0.29, 0.717) is 6.42 Å². The van der Waals surface area contributed by atoms with Gasteiger partial charge < -0.3 is 0 Å². The van der Waals surface area contributed by atoms with E-state index >= 15 is 0 Å². The van der Waals surface area contributed by atoms with Gasteiger partial charge >= 0.3 is 0 Å². The molecule has 0 saturated carbocycles. The van der Waals surface area contributed by atoms with Crippen molar-refractivity contribution in [2.24, 2.45) is 0 Å². The summed E-state index contributed by atoms with van der Waals surface area (Å²) < 4.78 is 0. The monoisotopic (exact) mass is 166 g/mol. The fourth-order valence-corrected chi connectivity index (χ4v) is 1.63. The summed E-state index contributed by atoms with van der Waals surface area (Å²) >= 11 is 1.58. The van der Waals surface area contributed by atoms with Crippen LogP contribution in [0.25, 0.3) is 0 Å². The van der Waals surface area contributed by atoms with Crippen molar-refractivity contribution in [3.63, 3.8) is 0 Å². The van der Waals surface area contributed by atoms with Gasteiger partial charge in [-0.3, -0.25) is 0 Å². The molecule has 0 aliphatic carbocycles. The molecule has 0 aliphatic rings. The second-order valence-electron chi connectivity index (χ2n) is 2.32. The number of aromatic nitrogens is 1. The smallest absolute Gasteiger partial charge is 0.107 e. The highest BCUT2D eigenvalue weighted by atomic mass is 32.1. The lowest BCUT2D eigenvalue weighted by atomic mass is 10.3. The van der Waals surface area contributed by atoms with Gasteiger partial charge in [-0.25, -0.2) is 4.98 Å². The van der Waals surface area contributed by atoms with Crippen molar-refractivity contribution in [3.8, 4) is 6.07 Å². The predicted octanol–water partition coefficient (Wildman–Crippen LogP) is 2.16. The van der Waals surface area contributed by atoms with Gasteiger partial charge in [0.05, 0.1) is 18.2 Å². The summed E-state index contributed by atoms with van der Waals surface area (Å²) in [6.45, 7) is 2.13. The minimum Gasteiger partial charge on any atom is -0.245 e. The Bertz CT molecular complexity index is 259. The average molecular weight is 166 g/mol. The highest BCUT2D eigenvalue weighted by Crippen LogP contribution is 2.11. The molecule has 0 fully saturated rings. The van der Waals surface area contributed by atoms with E-state index in [2.05, 4.69) is 18.0 Å². The van der Waals surface area contributed by atoms with Crippen LogP contribution in [0.1, 0.15) is 24.0 Å². The van der Waals surface area contributed by atoms with Crippen molar-refractivity contribution in [2.75, 3.05) is 0 Å². The van der Waals surface area contributed by atoms with Crippen LogP contribution in [0.4, 0.5) is 0 Å². The predicted molar refractivity (Wildman–Crippen MR) is 45.4 cm³/mol. The van der Waals surface area contributed by atoms with Gasteiger partial charge in [0.1, 0.15) is 5.01 Å². The molecule has 0 radical (unpaired) electrons. The zero-order valence-corrected chi connectivity index (χ0v) is 7.32. The summed E-state index contributed by atoms with van der Waals surface area (Å²) in [5.74, 6) is 0. The Labute approximate surface area is 70.5 Å². The standard InChI is InChI=1S/C8H10N2S/c1-2-3-7-6-11-8(10-7)4-5-9/h6H,2-4H2,1H3. The molecule has 2 nitrogen and oxygen atoms in total. The maximum Gasteiger partial charge on any atom is 0.107 e. The molecule has 0 amide bonds. The second kappa shape index (κ2) is 4.09. The van der Waals surface area contributed by atoms with Crippen LogP contribution in [0.2, 0.25) is 0 Å². The molecule has 0 aromatic carbocycles. The molecule has 0 saturated heterocycles. The molecule has 1 rings (SSSR count). The molecule has 3 heteroatoms. The first kappa shape index (κ1) is 8.22. The molecule has 0 N–H and O–H groups in total. The largest absolute Gasteiger partial charge is 0.245 e. The Morgan fingerprint density at radius 1 is 1.73 bits per heavy atom. The molecule has 11 heavy (non-hydrogen) atoms. The van der Waals surface area contributed by atoms with Crippen molar-refractivity contribution in [2.45, 2.75) is 26.2 Å². The van der Waals surface area contributed by atoms with Gasteiger partial charge in [0, 0.05) is 5.38 Å². The van der Waals surface area contributed by atoms with Gasteiger partial charge in [-0.1, -0.05) is 13.3 Å². The SMILES string of the molecule is CCCc1csc(CC#N)n1. The zero-order valence-electron chi connectivity index (χ0n) is 6.50. The van der Waals surface area contributed by atoms with Crippen LogP contribution in [0.5, 0.6) is 0 Å². The molecule has 1 heterocycles. The van der Waals surface area contributed by atoms with Crippen LogP contribution in [-0.4, -0.2) is 4.98 Å². The molecule has 0 spiro atoms. The third-order valence-corrected chi connectivity index (χ3v) is 2.23. The Morgan fingerprint density at radius 2 is 2.55 bits per heavy atom.